The van der Waals surface area contributed by atoms with Crippen molar-refractivity contribution in [3.63, 3.8) is 0 Å². The molecule has 4 rings (SSSR count). The molecule has 2 aliphatic heterocycles. The Morgan fingerprint density at radius 1 is 1.03 bits per heavy atom. The molecule has 0 N–H and O–H groups in total. The van der Waals surface area contributed by atoms with Gasteiger partial charge in [0.05, 0.1) is 17.9 Å². The molecule has 0 aliphatic carbocycles. The molecule has 168 valence electrons. The first-order chi connectivity index (χ1) is 15.4. The lowest BCUT2D eigenvalue weighted by Gasteiger charge is -2.33. The summed E-state index contributed by atoms with van der Waals surface area (Å²) in [6.07, 6.45) is 3.10. The average Bonchev–Trinajstić information content (AvgIpc) is 3.04. The Morgan fingerprint density at radius 2 is 1.78 bits per heavy atom. The van der Waals surface area contributed by atoms with Gasteiger partial charge in [0.25, 0.3) is 11.8 Å². The number of benzene rings is 2. The van der Waals surface area contributed by atoms with Crippen molar-refractivity contribution in [2.45, 2.75) is 47.0 Å². The molecule has 2 heterocycles. The second-order valence-corrected chi connectivity index (χ2v) is 9.03. The Labute approximate surface area is 190 Å². The predicted octanol–water partition coefficient (Wildman–Crippen LogP) is 5.11. The first-order valence-electron chi connectivity index (χ1n) is 11.6. The molecule has 0 radical (unpaired) electrons. The highest BCUT2D eigenvalue weighted by molar-refractivity contribution is 6.45. The van der Waals surface area contributed by atoms with Crippen LogP contribution < -0.4 is 9.64 Å². The van der Waals surface area contributed by atoms with Crippen LogP contribution in [0.5, 0.6) is 5.75 Å². The second kappa shape index (κ2) is 9.19. The van der Waals surface area contributed by atoms with Crippen LogP contribution in [0.4, 0.5) is 5.69 Å². The average molecular weight is 433 g/mol. The molecule has 2 aromatic rings. The van der Waals surface area contributed by atoms with Crippen molar-refractivity contribution < 1.29 is 14.3 Å². The standard InChI is InChI=1S/C27H32N2O3/c1-5-15-32-22-12-10-21(11-13-22)24-25(28-14-6-7-19(3)17-28)27(31)29(26(24)30)23-16-18(2)8-9-20(23)4/h8-13,16,19H,5-7,14-15,17H2,1-4H3. The van der Waals surface area contributed by atoms with E-state index in [2.05, 4.69) is 18.7 Å². The van der Waals surface area contributed by atoms with Crippen molar-refractivity contribution in [3.05, 3.63) is 64.9 Å². The number of carbonyl (C=O) groups excluding carboxylic acids is 2. The maximum atomic E-state index is 13.8. The van der Waals surface area contributed by atoms with Crippen molar-refractivity contribution in [2.75, 3.05) is 24.6 Å². The van der Waals surface area contributed by atoms with Crippen molar-refractivity contribution in [2.24, 2.45) is 5.92 Å². The lowest BCUT2D eigenvalue weighted by Crippen LogP contribution is -2.39. The number of likely N-dealkylation sites (tertiary alicyclic amines) is 1. The summed E-state index contributed by atoms with van der Waals surface area (Å²) in [6.45, 7) is 10.4. The lowest BCUT2D eigenvalue weighted by atomic mass is 9.97. The number of carbonyl (C=O) groups is 2. The van der Waals surface area contributed by atoms with Crippen LogP contribution in [-0.2, 0) is 9.59 Å². The molecule has 2 amide bonds. The van der Waals surface area contributed by atoms with Gasteiger partial charge in [-0.3, -0.25) is 9.59 Å². The van der Waals surface area contributed by atoms with E-state index in [1.54, 1.807) is 0 Å². The summed E-state index contributed by atoms with van der Waals surface area (Å²) < 4.78 is 5.71. The Balaban J connectivity index is 1.78. The van der Waals surface area contributed by atoms with Gasteiger partial charge in [-0.25, -0.2) is 4.90 Å². The van der Waals surface area contributed by atoms with Crippen molar-refractivity contribution in [1.82, 2.24) is 4.90 Å². The molecular weight excluding hydrogens is 400 g/mol. The third kappa shape index (κ3) is 4.16. The van der Waals surface area contributed by atoms with Gasteiger partial charge in [-0.1, -0.05) is 38.1 Å². The molecule has 2 aliphatic rings. The SMILES string of the molecule is CCCOc1ccc(C2=C(N3CCCC(C)C3)C(=O)N(c3cc(C)ccc3C)C2=O)cc1. The molecule has 1 fully saturated rings. The molecule has 0 saturated carbocycles. The highest BCUT2D eigenvalue weighted by Gasteiger charge is 2.43. The number of rotatable bonds is 6. The van der Waals surface area contributed by atoms with Gasteiger partial charge in [0, 0.05) is 13.1 Å². The molecule has 5 heteroatoms. The summed E-state index contributed by atoms with van der Waals surface area (Å²) in [5.74, 6) is 0.783. The molecule has 5 nitrogen and oxygen atoms in total. The minimum Gasteiger partial charge on any atom is -0.494 e. The maximum Gasteiger partial charge on any atom is 0.282 e. The van der Waals surface area contributed by atoms with Crippen molar-refractivity contribution >= 4 is 23.1 Å². The minimum absolute atomic E-state index is 0.223. The summed E-state index contributed by atoms with van der Waals surface area (Å²) in [7, 11) is 0. The normalized spacial score (nSPS) is 19.2. The van der Waals surface area contributed by atoms with Crippen LogP contribution in [0.25, 0.3) is 5.57 Å². The summed E-state index contributed by atoms with van der Waals surface area (Å²) in [6, 6.07) is 13.4. The molecular formula is C27H32N2O3. The Hall–Kier alpha value is -3.08. The van der Waals surface area contributed by atoms with Gasteiger partial charge in [0.15, 0.2) is 0 Å². The van der Waals surface area contributed by atoms with Gasteiger partial charge in [0.1, 0.15) is 11.4 Å². The van der Waals surface area contributed by atoms with Crippen LogP contribution in [0.2, 0.25) is 0 Å². The summed E-state index contributed by atoms with van der Waals surface area (Å²) >= 11 is 0. The zero-order valence-electron chi connectivity index (χ0n) is 19.5. The van der Waals surface area contributed by atoms with Crippen LogP contribution >= 0.6 is 0 Å². The van der Waals surface area contributed by atoms with Crippen molar-refractivity contribution in [1.29, 1.82) is 0 Å². The fourth-order valence-electron chi connectivity index (χ4n) is 4.58. The van der Waals surface area contributed by atoms with Gasteiger partial charge < -0.3 is 9.64 Å². The van der Waals surface area contributed by atoms with Crippen LogP contribution in [-0.4, -0.2) is 36.4 Å². The number of aryl methyl sites for hydroxylation is 2. The van der Waals surface area contributed by atoms with Gasteiger partial charge in [-0.05, 0) is 73.9 Å². The van der Waals surface area contributed by atoms with Gasteiger partial charge in [-0.15, -0.1) is 0 Å². The third-order valence-electron chi connectivity index (χ3n) is 6.25. The quantitative estimate of drug-likeness (QED) is 0.596. The molecule has 0 bridgehead atoms. The van der Waals surface area contributed by atoms with E-state index >= 15 is 0 Å². The van der Waals surface area contributed by atoms with E-state index in [0.29, 0.717) is 29.5 Å². The monoisotopic (exact) mass is 432 g/mol. The van der Waals surface area contributed by atoms with Crippen LogP contribution in [0.3, 0.4) is 0 Å². The third-order valence-corrected chi connectivity index (χ3v) is 6.25. The summed E-state index contributed by atoms with van der Waals surface area (Å²) in [4.78, 5) is 31.0. The number of nitrogens with zero attached hydrogens (tertiary/aromatic N) is 2. The van der Waals surface area contributed by atoms with Crippen LogP contribution in [0.1, 0.15) is 49.8 Å². The number of ether oxygens (including phenoxy) is 1. The maximum absolute atomic E-state index is 13.8. The van der Waals surface area contributed by atoms with Crippen LogP contribution in [0, 0.1) is 19.8 Å². The fraction of sp³-hybridized carbons (Fsp3) is 0.407. The highest BCUT2D eigenvalue weighted by atomic mass is 16.5. The first kappa shape index (κ1) is 22.1. The van der Waals surface area contributed by atoms with Crippen LogP contribution in [0.15, 0.2) is 48.2 Å². The minimum atomic E-state index is -0.251. The molecule has 32 heavy (non-hydrogen) atoms. The van der Waals surface area contributed by atoms with Gasteiger partial charge in [0.2, 0.25) is 0 Å². The summed E-state index contributed by atoms with van der Waals surface area (Å²) in [5.41, 5.74) is 4.38. The first-order valence-corrected chi connectivity index (χ1v) is 11.6. The second-order valence-electron chi connectivity index (χ2n) is 9.03. The molecule has 1 atom stereocenters. The Bertz CT molecular complexity index is 1060. The van der Waals surface area contributed by atoms with Gasteiger partial charge in [-0.2, -0.15) is 0 Å². The summed E-state index contributed by atoms with van der Waals surface area (Å²) in [5, 5.41) is 0. The van der Waals surface area contributed by atoms with E-state index in [1.807, 2.05) is 56.3 Å². The number of hydrogen-bond donors (Lipinski definition) is 0. The van der Waals surface area contributed by atoms with E-state index in [0.717, 1.165) is 54.8 Å². The molecule has 2 aromatic carbocycles. The fourth-order valence-corrected chi connectivity index (χ4v) is 4.58. The van der Waals surface area contributed by atoms with E-state index in [9.17, 15) is 9.59 Å². The van der Waals surface area contributed by atoms with E-state index in [-0.39, 0.29) is 11.8 Å². The van der Waals surface area contributed by atoms with Crippen molar-refractivity contribution in [3.8, 4) is 5.75 Å². The topological polar surface area (TPSA) is 49.9 Å². The molecule has 1 unspecified atom stereocenters. The predicted molar refractivity (Wildman–Crippen MR) is 128 cm³/mol. The van der Waals surface area contributed by atoms with E-state index < -0.39 is 0 Å². The Morgan fingerprint density at radius 3 is 2.47 bits per heavy atom. The molecule has 0 spiro atoms. The zero-order chi connectivity index (χ0) is 22.8. The number of piperidine rings is 1. The molecule has 1 saturated heterocycles. The zero-order valence-corrected chi connectivity index (χ0v) is 19.5. The smallest absolute Gasteiger partial charge is 0.282 e. The number of imide groups is 1. The highest BCUT2D eigenvalue weighted by Crippen LogP contribution is 2.38. The number of anilines is 1. The van der Waals surface area contributed by atoms with E-state index in [1.165, 1.54) is 4.90 Å². The van der Waals surface area contributed by atoms with E-state index in [4.69, 9.17) is 4.74 Å². The Kier molecular flexibility index (Phi) is 6.35. The largest absolute Gasteiger partial charge is 0.494 e. The number of hydrogen-bond acceptors (Lipinski definition) is 4. The van der Waals surface area contributed by atoms with Gasteiger partial charge >= 0.3 is 0 Å². The molecule has 0 aromatic heterocycles. The lowest BCUT2D eigenvalue weighted by molar-refractivity contribution is -0.120. The number of amides is 2.